The van der Waals surface area contributed by atoms with E-state index in [2.05, 4.69) is 19.9 Å². The predicted molar refractivity (Wildman–Crippen MR) is 89.1 cm³/mol. The van der Waals surface area contributed by atoms with Crippen LogP contribution in [0.4, 0.5) is 5.95 Å². The number of anilines is 1. The maximum absolute atomic E-state index is 12.9. The Labute approximate surface area is 139 Å². The van der Waals surface area contributed by atoms with E-state index in [0.717, 1.165) is 0 Å². The zero-order valence-electron chi connectivity index (χ0n) is 12.8. The molecule has 4 heterocycles. The van der Waals surface area contributed by atoms with E-state index >= 15 is 0 Å². The number of aromatic nitrogens is 4. The monoisotopic (exact) mass is 344 g/mol. The van der Waals surface area contributed by atoms with Crippen molar-refractivity contribution in [3.05, 3.63) is 43.0 Å². The van der Waals surface area contributed by atoms with Gasteiger partial charge < -0.3 is 9.88 Å². The molecule has 0 radical (unpaired) electrons. The van der Waals surface area contributed by atoms with Gasteiger partial charge in [-0.25, -0.2) is 23.4 Å². The van der Waals surface area contributed by atoms with Crippen LogP contribution in [0.2, 0.25) is 0 Å². The van der Waals surface area contributed by atoms with Gasteiger partial charge in [0.05, 0.1) is 0 Å². The number of aromatic amines is 1. The molecule has 24 heavy (non-hydrogen) atoms. The van der Waals surface area contributed by atoms with Crippen molar-refractivity contribution in [2.75, 3.05) is 31.1 Å². The second-order valence-corrected chi connectivity index (χ2v) is 7.40. The van der Waals surface area contributed by atoms with Crippen molar-refractivity contribution < 1.29 is 8.42 Å². The van der Waals surface area contributed by atoms with E-state index in [-0.39, 0.29) is 4.90 Å². The average molecular weight is 344 g/mol. The number of sulfonamides is 1. The van der Waals surface area contributed by atoms with E-state index in [4.69, 9.17) is 0 Å². The summed E-state index contributed by atoms with van der Waals surface area (Å²) in [4.78, 5) is 17.8. The number of hydrogen-bond acceptors (Lipinski definition) is 6. The fourth-order valence-corrected chi connectivity index (χ4v) is 4.44. The van der Waals surface area contributed by atoms with Gasteiger partial charge in [-0.2, -0.15) is 4.31 Å². The third-order valence-electron chi connectivity index (χ3n) is 4.10. The van der Waals surface area contributed by atoms with Gasteiger partial charge in [0.2, 0.25) is 16.0 Å². The average Bonchev–Trinajstić information content (AvgIpc) is 3.07. The zero-order valence-corrected chi connectivity index (χ0v) is 13.6. The molecule has 0 aliphatic carbocycles. The van der Waals surface area contributed by atoms with Crippen molar-refractivity contribution in [2.24, 2.45) is 0 Å². The highest BCUT2D eigenvalue weighted by molar-refractivity contribution is 7.89. The van der Waals surface area contributed by atoms with Gasteiger partial charge in [-0.3, -0.25) is 0 Å². The number of rotatable bonds is 3. The Morgan fingerprint density at radius 3 is 2.42 bits per heavy atom. The first-order chi connectivity index (χ1) is 11.7. The second-order valence-electron chi connectivity index (χ2n) is 5.49. The molecule has 9 heteroatoms. The zero-order chi connectivity index (χ0) is 16.6. The normalized spacial score (nSPS) is 16.6. The van der Waals surface area contributed by atoms with E-state index in [0.29, 0.717) is 43.2 Å². The van der Waals surface area contributed by atoms with Crippen LogP contribution < -0.4 is 4.90 Å². The minimum atomic E-state index is -3.56. The van der Waals surface area contributed by atoms with Crippen molar-refractivity contribution in [1.29, 1.82) is 0 Å². The molecule has 0 amide bonds. The molecule has 0 unspecified atom stereocenters. The highest BCUT2D eigenvalue weighted by Gasteiger charge is 2.31. The lowest BCUT2D eigenvalue weighted by Gasteiger charge is -2.33. The van der Waals surface area contributed by atoms with E-state index < -0.39 is 10.0 Å². The number of pyridine rings is 1. The molecule has 1 fully saturated rings. The summed E-state index contributed by atoms with van der Waals surface area (Å²) in [6, 6.07) is 5.26. The van der Waals surface area contributed by atoms with Crippen LogP contribution in [0.25, 0.3) is 11.0 Å². The number of H-pyrrole nitrogens is 1. The van der Waals surface area contributed by atoms with Crippen LogP contribution in [-0.2, 0) is 10.0 Å². The largest absolute Gasteiger partial charge is 0.345 e. The Balaban J connectivity index is 1.56. The molecule has 8 nitrogen and oxygen atoms in total. The van der Waals surface area contributed by atoms with E-state index in [1.165, 1.54) is 10.5 Å². The third-order valence-corrected chi connectivity index (χ3v) is 6.04. The third kappa shape index (κ3) is 2.51. The Morgan fingerprint density at radius 2 is 1.67 bits per heavy atom. The number of fused-ring (bicyclic) bond motifs is 1. The quantitative estimate of drug-likeness (QED) is 0.757. The van der Waals surface area contributed by atoms with Gasteiger partial charge in [-0.1, -0.05) is 0 Å². The molecule has 4 rings (SSSR count). The van der Waals surface area contributed by atoms with Gasteiger partial charge in [0.25, 0.3) is 0 Å². The molecule has 0 spiro atoms. The number of hydrogen-bond donors (Lipinski definition) is 1. The standard InChI is InChI=1S/C15H16N6O2S/c22-24(23,13-11-19-14-12(13)3-1-4-16-14)21-9-7-20(8-10-21)15-17-5-2-6-18-15/h1-6,11H,7-10H2,(H,16,19). The molecule has 1 aliphatic rings. The molecule has 1 saturated heterocycles. The molecular formula is C15H16N6O2S. The van der Waals surface area contributed by atoms with Crippen molar-refractivity contribution in [3.63, 3.8) is 0 Å². The van der Waals surface area contributed by atoms with Crippen LogP contribution in [0.15, 0.2) is 47.9 Å². The maximum Gasteiger partial charge on any atom is 0.245 e. The summed E-state index contributed by atoms with van der Waals surface area (Å²) < 4.78 is 27.4. The first-order valence-corrected chi connectivity index (χ1v) is 9.04. The number of nitrogens with one attached hydrogen (secondary N) is 1. The van der Waals surface area contributed by atoms with E-state index in [1.807, 2.05) is 4.90 Å². The second kappa shape index (κ2) is 5.84. The number of piperazine rings is 1. The smallest absolute Gasteiger partial charge is 0.245 e. The minimum absolute atomic E-state index is 0.273. The van der Waals surface area contributed by atoms with Gasteiger partial charge in [-0.15, -0.1) is 0 Å². The first-order valence-electron chi connectivity index (χ1n) is 7.60. The van der Waals surface area contributed by atoms with E-state index in [9.17, 15) is 8.42 Å². The summed E-state index contributed by atoms with van der Waals surface area (Å²) in [6.07, 6.45) is 6.52. The van der Waals surface area contributed by atoms with Crippen molar-refractivity contribution in [1.82, 2.24) is 24.2 Å². The molecule has 3 aromatic heterocycles. The highest BCUT2D eigenvalue weighted by Crippen LogP contribution is 2.25. The SMILES string of the molecule is O=S(=O)(c1c[nH]c2ncccc12)N1CCN(c2ncccn2)CC1. The predicted octanol–water partition coefficient (Wildman–Crippen LogP) is 0.864. The minimum Gasteiger partial charge on any atom is -0.345 e. The summed E-state index contributed by atoms with van der Waals surface area (Å²) in [6.45, 7) is 1.91. The maximum atomic E-state index is 12.9. The molecule has 0 atom stereocenters. The van der Waals surface area contributed by atoms with Crippen LogP contribution in [0.1, 0.15) is 0 Å². The molecule has 1 aliphatic heterocycles. The van der Waals surface area contributed by atoms with E-state index in [1.54, 1.807) is 36.8 Å². The van der Waals surface area contributed by atoms with Gasteiger partial charge in [0.15, 0.2) is 0 Å². The lowest BCUT2D eigenvalue weighted by molar-refractivity contribution is 0.383. The highest BCUT2D eigenvalue weighted by atomic mass is 32.2. The fourth-order valence-electron chi connectivity index (χ4n) is 2.87. The Morgan fingerprint density at radius 1 is 0.958 bits per heavy atom. The van der Waals surface area contributed by atoms with Crippen LogP contribution in [0.5, 0.6) is 0 Å². The van der Waals surface area contributed by atoms with Crippen molar-refractivity contribution in [3.8, 4) is 0 Å². The Kier molecular flexibility index (Phi) is 3.66. The molecule has 1 N–H and O–H groups in total. The first kappa shape index (κ1) is 15.0. The Bertz CT molecular complexity index is 948. The van der Waals surface area contributed by atoms with Gasteiger partial charge in [-0.05, 0) is 18.2 Å². The molecular weight excluding hydrogens is 328 g/mol. The Hall–Kier alpha value is -2.52. The van der Waals surface area contributed by atoms with Crippen LogP contribution >= 0.6 is 0 Å². The van der Waals surface area contributed by atoms with Crippen LogP contribution in [0, 0.1) is 0 Å². The lowest BCUT2D eigenvalue weighted by Crippen LogP contribution is -2.49. The summed E-state index contributed by atoms with van der Waals surface area (Å²) >= 11 is 0. The number of nitrogens with zero attached hydrogens (tertiary/aromatic N) is 5. The molecule has 0 aromatic carbocycles. The van der Waals surface area contributed by atoms with Crippen molar-refractivity contribution in [2.45, 2.75) is 4.90 Å². The lowest BCUT2D eigenvalue weighted by atomic mass is 10.3. The summed E-state index contributed by atoms with van der Waals surface area (Å²) in [5.74, 6) is 0.630. The fraction of sp³-hybridized carbons (Fsp3) is 0.267. The molecule has 0 bridgehead atoms. The van der Waals surface area contributed by atoms with Gasteiger partial charge in [0.1, 0.15) is 10.5 Å². The molecule has 3 aromatic rings. The van der Waals surface area contributed by atoms with Crippen LogP contribution in [0.3, 0.4) is 0 Å². The van der Waals surface area contributed by atoms with Crippen LogP contribution in [-0.4, -0.2) is 58.8 Å². The summed E-state index contributed by atoms with van der Waals surface area (Å²) in [7, 11) is -3.56. The molecule has 124 valence electrons. The van der Waals surface area contributed by atoms with Gasteiger partial charge >= 0.3 is 0 Å². The summed E-state index contributed by atoms with van der Waals surface area (Å²) in [5.41, 5.74) is 0.576. The summed E-state index contributed by atoms with van der Waals surface area (Å²) in [5, 5.41) is 0.617. The molecule has 0 saturated carbocycles. The van der Waals surface area contributed by atoms with Crippen molar-refractivity contribution >= 4 is 27.0 Å². The van der Waals surface area contributed by atoms with Gasteiger partial charge in [0, 0.05) is 56.4 Å². The topological polar surface area (TPSA) is 95.1 Å².